The Morgan fingerprint density at radius 1 is 1.50 bits per heavy atom. The highest BCUT2D eigenvalue weighted by atomic mass is 32.1. The molecule has 0 spiro atoms. The van der Waals surface area contributed by atoms with Crippen LogP contribution in [0.1, 0.15) is 23.8 Å². The average molecular weight is 324 g/mol. The summed E-state index contributed by atoms with van der Waals surface area (Å²) in [7, 11) is 3.54. The van der Waals surface area contributed by atoms with Crippen LogP contribution in [-0.4, -0.2) is 57.3 Å². The molecule has 1 aliphatic heterocycles. The lowest BCUT2D eigenvalue weighted by Gasteiger charge is -2.32. The van der Waals surface area contributed by atoms with Crippen molar-refractivity contribution in [2.45, 2.75) is 32.4 Å². The normalized spacial score (nSPS) is 17.1. The SMILES string of the molecule is CN=C(NCCCOC)NCC(C)N1CCc2sccc2C1. The van der Waals surface area contributed by atoms with Gasteiger partial charge in [-0.2, -0.15) is 0 Å². The Bertz CT molecular complexity index is 474. The zero-order chi connectivity index (χ0) is 15.8. The van der Waals surface area contributed by atoms with Crippen molar-refractivity contribution in [1.29, 1.82) is 0 Å². The van der Waals surface area contributed by atoms with Crippen LogP contribution in [0.2, 0.25) is 0 Å². The molecule has 0 bridgehead atoms. The Hall–Kier alpha value is -1.11. The highest BCUT2D eigenvalue weighted by Gasteiger charge is 2.21. The lowest BCUT2D eigenvalue weighted by molar-refractivity contribution is 0.192. The maximum absolute atomic E-state index is 5.05. The number of methoxy groups -OCH3 is 1. The first-order chi connectivity index (χ1) is 10.7. The maximum Gasteiger partial charge on any atom is 0.191 e. The first-order valence-corrected chi connectivity index (χ1v) is 8.85. The zero-order valence-corrected chi connectivity index (χ0v) is 14.7. The molecule has 2 rings (SSSR count). The number of ether oxygens (including phenoxy) is 1. The van der Waals surface area contributed by atoms with Gasteiger partial charge >= 0.3 is 0 Å². The number of hydrogen-bond donors (Lipinski definition) is 2. The summed E-state index contributed by atoms with van der Waals surface area (Å²) in [5.41, 5.74) is 1.50. The Kier molecular flexibility index (Phi) is 7.15. The van der Waals surface area contributed by atoms with Gasteiger partial charge in [0.1, 0.15) is 0 Å². The summed E-state index contributed by atoms with van der Waals surface area (Å²) in [5, 5.41) is 8.95. The van der Waals surface area contributed by atoms with Crippen molar-refractivity contribution < 1.29 is 4.74 Å². The van der Waals surface area contributed by atoms with Gasteiger partial charge in [-0.25, -0.2) is 0 Å². The van der Waals surface area contributed by atoms with Crippen molar-refractivity contribution >= 4 is 17.3 Å². The summed E-state index contributed by atoms with van der Waals surface area (Å²) >= 11 is 1.89. The van der Waals surface area contributed by atoms with E-state index in [1.54, 1.807) is 12.0 Å². The van der Waals surface area contributed by atoms with Crippen LogP contribution in [0.4, 0.5) is 0 Å². The molecule has 1 aromatic rings. The van der Waals surface area contributed by atoms with Gasteiger partial charge in [-0.3, -0.25) is 9.89 Å². The minimum absolute atomic E-state index is 0.491. The fourth-order valence-electron chi connectivity index (χ4n) is 2.66. The quantitative estimate of drug-likeness (QED) is 0.455. The third kappa shape index (κ3) is 4.97. The number of nitrogens with zero attached hydrogens (tertiary/aromatic N) is 2. The van der Waals surface area contributed by atoms with Crippen LogP contribution >= 0.6 is 11.3 Å². The van der Waals surface area contributed by atoms with Crippen LogP contribution in [0.5, 0.6) is 0 Å². The fraction of sp³-hybridized carbons (Fsp3) is 0.688. The Morgan fingerprint density at radius 2 is 2.36 bits per heavy atom. The van der Waals surface area contributed by atoms with E-state index in [2.05, 4.69) is 38.9 Å². The number of nitrogens with one attached hydrogen (secondary N) is 2. The van der Waals surface area contributed by atoms with Gasteiger partial charge in [0.25, 0.3) is 0 Å². The molecule has 1 atom stereocenters. The van der Waals surface area contributed by atoms with E-state index in [-0.39, 0.29) is 0 Å². The van der Waals surface area contributed by atoms with Crippen LogP contribution < -0.4 is 10.6 Å². The lowest BCUT2D eigenvalue weighted by atomic mass is 10.1. The molecule has 0 saturated heterocycles. The lowest BCUT2D eigenvalue weighted by Crippen LogP contribution is -2.47. The van der Waals surface area contributed by atoms with E-state index in [4.69, 9.17) is 4.74 Å². The Labute approximate surface area is 137 Å². The number of fused-ring (bicyclic) bond motifs is 1. The molecule has 1 unspecified atom stereocenters. The number of thiophene rings is 1. The molecule has 5 nitrogen and oxygen atoms in total. The molecule has 0 radical (unpaired) electrons. The summed E-state index contributed by atoms with van der Waals surface area (Å²) in [4.78, 5) is 8.37. The molecule has 2 heterocycles. The third-order valence-electron chi connectivity index (χ3n) is 4.07. The van der Waals surface area contributed by atoms with Crippen LogP contribution in [0.25, 0.3) is 0 Å². The molecule has 0 aromatic carbocycles. The molecular formula is C16H28N4OS. The molecule has 1 aliphatic rings. The summed E-state index contributed by atoms with van der Waals surface area (Å²) < 4.78 is 5.05. The van der Waals surface area contributed by atoms with E-state index in [1.165, 1.54) is 12.0 Å². The van der Waals surface area contributed by atoms with Crippen LogP contribution in [0.15, 0.2) is 16.4 Å². The number of hydrogen-bond acceptors (Lipinski definition) is 4. The molecule has 22 heavy (non-hydrogen) atoms. The highest BCUT2D eigenvalue weighted by Crippen LogP contribution is 2.24. The molecule has 0 saturated carbocycles. The van der Waals surface area contributed by atoms with Gasteiger partial charge in [0.05, 0.1) is 0 Å². The van der Waals surface area contributed by atoms with Crippen molar-refractivity contribution in [2.75, 3.05) is 40.4 Å². The van der Waals surface area contributed by atoms with Gasteiger partial charge in [0, 0.05) is 57.9 Å². The summed E-state index contributed by atoms with van der Waals surface area (Å²) in [6.07, 6.45) is 2.17. The second-order valence-electron chi connectivity index (χ2n) is 5.66. The monoisotopic (exact) mass is 324 g/mol. The van der Waals surface area contributed by atoms with E-state index in [0.717, 1.165) is 45.2 Å². The van der Waals surface area contributed by atoms with Gasteiger partial charge < -0.3 is 15.4 Å². The molecular weight excluding hydrogens is 296 g/mol. The fourth-order valence-corrected chi connectivity index (χ4v) is 3.55. The minimum Gasteiger partial charge on any atom is -0.385 e. The largest absolute Gasteiger partial charge is 0.385 e. The number of guanidine groups is 1. The molecule has 6 heteroatoms. The predicted molar refractivity (Wildman–Crippen MR) is 93.8 cm³/mol. The number of rotatable bonds is 7. The molecule has 0 aliphatic carbocycles. The van der Waals surface area contributed by atoms with Crippen molar-refractivity contribution in [3.63, 3.8) is 0 Å². The first kappa shape index (κ1) is 17.2. The van der Waals surface area contributed by atoms with Crippen LogP contribution in [0, 0.1) is 0 Å². The standard InChI is InChI=1S/C16H28N4OS/c1-13(11-19-16(17-2)18-7-4-9-21-3)20-8-5-15-14(12-20)6-10-22-15/h6,10,13H,4-5,7-9,11-12H2,1-3H3,(H2,17,18,19). The zero-order valence-electron chi connectivity index (χ0n) is 13.9. The maximum atomic E-state index is 5.05. The van der Waals surface area contributed by atoms with E-state index in [1.807, 2.05) is 18.4 Å². The summed E-state index contributed by atoms with van der Waals surface area (Å²) in [6, 6.07) is 2.76. The van der Waals surface area contributed by atoms with Crippen LogP contribution in [0.3, 0.4) is 0 Å². The predicted octanol–water partition coefficient (Wildman–Crippen LogP) is 1.70. The molecule has 124 valence electrons. The van der Waals surface area contributed by atoms with Gasteiger partial charge in [0.15, 0.2) is 5.96 Å². The third-order valence-corrected chi connectivity index (χ3v) is 5.09. The summed E-state index contributed by atoms with van der Waals surface area (Å²) in [6.45, 7) is 7.06. The van der Waals surface area contributed by atoms with Crippen LogP contribution in [-0.2, 0) is 17.7 Å². The second kappa shape index (κ2) is 9.12. The smallest absolute Gasteiger partial charge is 0.191 e. The molecule has 0 amide bonds. The molecule has 2 N–H and O–H groups in total. The van der Waals surface area contributed by atoms with Gasteiger partial charge in [-0.15, -0.1) is 11.3 Å². The molecule has 0 fully saturated rings. The highest BCUT2D eigenvalue weighted by molar-refractivity contribution is 7.10. The minimum atomic E-state index is 0.491. The van der Waals surface area contributed by atoms with Gasteiger partial charge in [-0.1, -0.05) is 0 Å². The summed E-state index contributed by atoms with van der Waals surface area (Å²) in [5.74, 6) is 0.871. The van der Waals surface area contributed by atoms with Gasteiger partial charge in [-0.05, 0) is 36.8 Å². The van der Waals surface area contributed by atoms with Crippen molar-refractivity contribution in [3.8, 4) is 0 Å². The number of aliphatic imine (C=N–C) groups is 1. The topological polar surface area (TPSA) is 48.9 Å². The van der Waals surface area contributed by atoms with E-state index in [0.29, 0.717) is 6.04 Å². The van der Waals surface area contributed by atoms with Crippen molar-refractivity contribution in [2.24, 2.45) is 4.99 Å². The van der Waals surface area contributed by atoms with Crippen molar-refractivity contribution in [3.05, 3.63) is 21.9 Å². The molecule has 1 aromatic heterocycles. The first-order valence-electron chi connectivity index (χ1n) is 7.97. The second-order valence-corrected chi connectivity index (χ2v) is 6.67. The Balaban J connectivity index is 1.71. The van der Waals surface area contributed by atoms with E-state index in [9.17, 15) is 0 Å². The Morgan fingerprint density at radius 3 is 3.14 bits per heavy atom. The van der Waals surface area contributed by atoms with E-state index < -0.39 is 0 Å². The van der Waals surface area contributed by atoms with Gasteiger partial charge in [0.2, 0.25) is 0 Å². The van der Waals surface area contributed by atoms with Crippen molar-refractivity contribution in [1.82, 2.24) is 15.5 Å². The van der Waals surface area contributed by atoms with E-state index >= 15 is 0 Å². The average Bonchev–Trinajstić information content (AvgIpc) is 3.01.